The van der Waals surface area contributed by atoms with Gasteiger partial charge in [0.1, 0.15) is 5.75 Å². The second kappa shape index (κ2) is 11.2. The van der Waals surface area contributed by atoms with E-state index >= 15 is 0 Å². The molecule has 0 fully saturated rings. The third-order valence-electron chi connectivity index (χ3n) is 2.81. The van der Waals surface area contributed by atoms with E-state index in [0.717, 1.165) is 0 Å². The Morgan fingerprint density at radius 2 is 1.31 bits per heavy atom. The van der Waals surface area contributed by atoms with E-state index < -0.39 is 0 Å². The van der Waals surface area contributed by atoms with Crippen molar-refractivity contribution in [2.24, 2.45) is 0 Å². The highest BCUT2D eigenvalue weighted by molar-refractivity contribution is 5.55. The van der Waals surface area contributed by atoms with Gasteiger partial charge in [-0.2, -0.15) is 0 Å². The van der Waals surface area contributed by atoms with E-state index in [4.69, 9.17) is 42.3 Å². The molecule has 0 unspecified atom stereocenters. The highest BCUT2D eigenvalue weighted by atomic mass is 16.7. The summed E-state index contributed by atoms with van der Waals surface area (Å²) < 4.78 is 20.1. The molecule has 26 heavy (non-hydrogen) atoms. The minimum atomic E-state index is -0.256. The topological polar surface area (TPSA) is 86.1 Å². The first kappa shape index (κ1) is 20.6. The number of phenols is 2. The van der Waals surface area contributed by atoms with Crippen LogP contribution in [0.3, 0.4) is 0 Å². The molecule has 0 aliphatic heterocycles. The summed E-state index contributed by atoms with van der Waals surface area (Å²) >= 11 is 0. The zero-order chi connectivity index (χ0) is 19.4. The molecule has 8 nitrogen and oxygen atoms in total. The van der Waals surface area contributed by atoms with E-state index in [1.165, 1.54) is 32.4 Å². The van der Waals surface area contributed by atoms with Crippen molar-refractivity contribution in [3.63, 3.8) is 0 Å². The Hall–Kier alpha value is -3.46. The van der Waals surface area contributed by atoms with Crippen LogP contribution in [0.1, 0.15) is 0 Å². The molecule has 2 N–H and O–H groups in total. The predicted octanol–water partition coefficient (Wildman–Crippen LogP) is 3.85. The van der Waals surface area contributed by atoms with Crippen LogP contribution in [0.15, 0.2) is 36.4 Å². The highest BCUT2D eigenvalue weighted by Crippen LogP contribution is 2.31. The number of nitrogens with zero attached hydrogens (tertiary/aromatic N) is 2. The zero-order valence-corrected chi connectivity index (χ0v) is 14.3. The fourth-order valence-electron chi connectivity index (χ4n) is 1.62. The molecule has 0 heterocycles. The third kappa shape index (κ3) is 6.57. The standard InChI is InChI=1S/C11H13NO4.C7H5NO2/c1-12-9-4-5-10(15-7-13-2)11(6-9)16-8-14-3;1-8-5-2-3-6(9)7(10)4-5/h4-6H,7-8H2,2-3H3;2-4,9-10H. The van der Waals surface area contributed by atoms with Crippen LogP contribution in [0, 0.1) is 13.1 Å². The van der Waals surface area contributed by atoms with Gasteiger partial charge in [0.05, 0.1) is 13.1 Å². The van der Waals surface area contributed by atoms with E-state index in [9.17, 15) is 0 Å². The SMILES string of the molecule is [C-]#[N+]c1ccc(O)c(O)c1.[C-]#[N+]c1ccc(OCOC)c(OCOC)c1. The molecule has 2 aromatic rings. The maximum absolute atomic E-state index is 8.84. The molecule has 2 aromatic carbocycles. The summed E-state index contributed by atoms with van der Waals surface area (Å²) in [5.41, 5.74) is 0.797. The van der Waals surface area contributed by atoms with E-state index in [1.54, 1.807) is 18.2 Å². The van der Waals surface area contributed by atoms with Crippen molar-refractivity contribution in [2.45, 2.75) is 0 Å². The molecule has 0 saturated heterocycles. The number of ether oxygens (including phenoxy) is 4. The number of phenolic OH excluding ortho intramolecular Hbond substituents is 2. The quantitative estimate of drug-likeness (QED) is 0.463. The first-order valence-electron chi connectivity index (χ1n) is 7.20. The first-order chi connectivity index (χ1) is 12.5. The minimum absolute atomic E-state index is 0.102. The lowest BCUT2D eigenvalue weighted by Gasteiger charge is -2.11. The molecular formula is C18H18N2O6. The largest absolute Gasteiger partial charge is 0.505 e. The van der Waals surface area contributed by atoms with Crippen molar-refractivity contribution in [3.05, 3.63) is 59.2 Å². The molecule has 2 rings (SSSR count). The Balaban J connectivity index is 0.000000289. The van der Waals surface area contributed by atoms with Crippen molar-refractivity contribution in [1.29, 1.82) is 0 Å². The average molecular weight is 358 g/mol. The highest BCUT2D eigenvalue weighted by Gasteiger charge is 2.06. The number of aromatic hydroxyl groups is 2. The van der Waals surface area contributed by atoms with E-state index in [2.05, 4.69) is 9.69 Å². The molecule has 0 aliphatic carbocycles. The van der Waals surface area contributed by atoms with E-state index in [-0.39, 0.29) is 25.1 Å². The smallest absolute Gasteiger partial charge is 0.191 e. The van der Waals surface area contributed by atoms with Crippen LogP contribution in [-0.4, -0.2) is 38.0 Å². The monoisotopic (exact) mass is 358 g/mol. The van der Waals surface area contributed by atoms with Gasteiger partial charge in [0.2, 0.25) is 0 Å². The number of rotatable bonds is 6. The second-order valence-corrected chi connectivity index (χ2v) is 4.63. The van der Waals surface area contributed by atoms with Crippen molar-refractivity contribution < 1.29 is 29.2 Å². The summed E-state index contributed by atoms with van der Waals surface area (Å²) in [5, 5.41) is 17.6. The molecule has 0 atom stereocenters. The third-order valence-corrected chi connectivity index (χ3v) is 2.81. The van der Waals surface area contributed by atoms with Crippen LogP contribution >= 0.6 is 0 Å². The normalized spacial score (nSPS) is 9.23. The summed E-state index contributed by atoms with van der Waals surface area (Å²) in [4.78, 5) is 6.35. The van der Waals surface area contributed by atoms with Crippen molar-refractivity contribution in [3.8, 4) is 23.0 Å². The summed E-state index contributed by atoms with van der Waals surface area (Å²) in [5.74, 6) is 0.527. The van der Waals surface area contributed by atoms with Crippen LogP contribution in [0.2, 0.25) is 0 Å². The van der Waals surface area contributed by atoms with Gasteiger partial charge < -0.3 is 29.2 Å². The van der Waals surface area contributed by atoms with Crippen molar-refractivity contribution >= 4 is 11.4 Å². The maximum atomic E-state index is 8.84. The lowest BCUT2D eigenvalue weighted by Crippen LogP contribution is -2.04. The number of methoxy groups -OCH3 is 2. The Kier molecular flexibility index (Phi) is 8.83. The second-order valence-electron chi connectivity index (χ2n) is 4.63. The summed E-state index contributed by atoms with van der Waals surface area (Å²) in [6, 6.07) is 8.83. The van der Waals surface area contributed by atoms with Gasteiger partial charge in [0.25, 0.3) is 0 Å². The maximum Gasteiger partial charge on any atom is 0.191 e. The number of benzene rings is 2. The molecule has 0 aromatic heterocycles. The van der Waals surface area contributed by atoms with Gasteiger partial charge in [-0.1, -0.05) is 12.1 Å². The molecule has 0 amide bonds. The summed E-state index contributed by atoms with van der Waals surface area (Å²) in [7, 11) is 3.05. The molecule has 0 aliphatic rings. The van der Waals surface area contributed by atoms with E-state index in [0.29, 0.717) is 22.9 Å². The Morgan fingerprint density at radius 1 is 0.769 bits per heavy atom. The molecular weight excluding hydrogens is 340 g/mol. The lowest BCUT2D eigenvalue weighted by atomic mass is 10.3. The molecule has 0 radical (unpaired) electrons. The first-order valence-corrected chi connectivity index (χ1v) is 7.20. The van der Waals surface area contributed by atoms with E-state index in [1.807, 2.05) is 0 Å². The number of hydrogen-bond donors (Lipinski definition) is 2. The Morgan fingerprint density at radius 3 is 1.85 bits per heavy atom. The summed E-state index contributed by atoms with van der Waals surface area (Å²) in [6.45, 7) is 13.7. The van der Waals surface area contributed by atoms with Crippen LogP contribution in [0.5, 0.6) is 23.0 Å². The van der Waals surface area contributed by atoms with Gasteiger partial charge in [0.15, 0.2) is 42.2 Å². The average Bonchev–Trinajstić information content (AvgIpc) is 2.67. The molecule has 0 saturated carbocycles. The Bertz CT molecular complexity index is 795. The molecule has 0 spiro atoms. The van der Waals surface area contributed by atoms with Crippen LogP contribution in [-0.2, 0) is 9.47 Å². The molecule has 136 valence electrons. The van der Waals surface area contributed by atoms with Crippen LogP contribution < -0.4 is 9.47 Å². The van der Waals surface area contributed by atoms with Gasteiger partial charge in [-0.3, -0.25) is 0 Å². The van der Waals surface area contributed by atoms with Gasteiger partial charge in [0, 0.05) is 14.2 Å². The van der Waals surface area contributed by atoms with Gasteiger partial charge >= 0.3 is 0 Å². The van der Waals surface area contributed by atoms with Gasteiger partial charge in [-0.05, 0) is 24.3 Å². The van der Waals surface area contributed by atoms with Gasteiger partial charge in [-0.25, -0.2) is 9.69 Å². The fraction of sp³-hybridized carbons (Fsp3) is 0.222. The fourth-order valence-corrected chi connectivity index (χ4v) is 1.62. The summed E-state index contributed by atoms with van der Waals surface area (Å²) in [6.07, 6.45) is 0. The van der Waals surface area contributed by atoms with Crippen molar-refractivity contribution in [2.75, 3.05) is 27.8 Å². The van der Waals surface area contributed by atoms with Crippen molar-refractivity contribution in [1.82, 2.24) is 0 Å². The lowest BCUT2D eigenvalue weighted by molar-refractivity contribution is 0.0323. The molecule has 0 bridgehead atoms. The Labute approximate surface area is 151 Å². The number of hydrogen-bond acceptors (Lipinski definition) is 6. The van der Waals surface area contributed by atoms with Crippen LogP contribution in [0.4, 0.5) is 11.4 Å². The minimum Gasteiger partial charge on any atom is -0.505 e. The molecule has 8 heteroatoms. The van der Waals surface area contributed by atoms with Crippen LogP contribution in [0.25, 0.3) is 9.69 Å². The van der Waals surface area contributed by atoms with Gasteiger partial charge in [-0.15, -0.1) is 0 Å². The predicted molar refractivity (Wildman–Crippen MR) is 93.7 cm³/mol. The zero-order valence-electron chi connectivity index (χ0n) is 14.3.